The van der Waals surface area contributed by atoms with Gasteiger partial charge >= 0.3 is 0 Å². The Hall–Kier alpha value is -1.17. The molecule has 2 N–H and O–H groups in total. The van der Waals surface area contributed by atoms with E-state index in [1.54, 1.807) is 6.07 Å². The lowest BCUT2D eigenvalue weighted by Gasteiger charge is -2.23. The molecule has 0 radical (unpaired) electrons. The zero-order valence-corrected chi connectivity index (χ0v) is 13.1. The minimum Gasteiger partial charge on any atom is -0.377 e. The van der Waals surface area contributed by atoms with E-state index >= 15 is 0 Å². The fraction of sp³-hybridized carbons (Fsp3) is 0.647. The van der Waals surface area contributed by atoms with E-state index in [0.717, 1.165) is 76.4 Å². The molecule has 2 heterocycles. The van der Waals surface area contributed by atoms with Crippen LogP contribution in [0, 0.1) is 5.82 Å². The Balaban J connectivity index is 1.58. The first-order chi connectivity index (χ1) is 10.8. The van der Waals surface area contributed by atoms with E-state index in [4.69, 9.17) is 4.74 Å². The second kappa shape index (κ2) is 7.90. The van der Waals surface area contributed by atoms with Gasteiger partial charge < -0.3 is 20.3 Å². The number of halogens is 1. The standard InChI is InChI=1S/C17H26FN3O/c18-16-5-4-14(12-20-13-15-3-1-10-22-15)11-17(16)21-8-2-6-19-7-9-21/h4-5,11,15,19-20H,1-3,6-10,12-13H2. The third-order valence-corrected chi connectivity index (χ3v) is 4.42. The van der Waals surface area contributed by atoms with Crippen molar-refractivity contribution in [3.05, 3.63) is 29.6 Å². The normalized spacial score (nSPS) is 22.8. The first-order valence-corrected chi connectivity index (χ1v) is 8.39. The lowest BCUT2D eigenvalue weighted by Crippen LogP contribution is -2.29. The first-order valence-electron chi connectivity index (χ1n) is 8.39. The summed E-state index contributed by atoms with van der Waals surface area (Å²) in [5, 5.41) is 6.78. The number of nitrogens with zero attached hydrogens (tertiary/aromatic N) is 1. The molecule has 5 heteroatoms. The molecule has 2 fully saturated rings. The summed E-state index contributed by atoms with van der Waals surface area (Å²) in [6, 6.07) is 5.46. The summed E-state index contributed by atoms with van der Waals surface area (Å²) in [4.78, 5) is 2.15. The van der Waals surface area contributed by atoms with Crippen LogP contribution >= 0.6 is 0 Å². The molecule has 4 nitrogen and oxygen atoms in total. The van der Waals surface area contributed by atoms with Crippen molar-refractivity contribution in [3.8, 4) is 0 Å². The molecule has 0 aromatic heterocycles. The molecule has 0 bridgehead atoms. The van der Waals surface area contributed by atoms with Gasteiger partial charge in [0.2, 0.25) is 0 Å². The van der Waals surface area contributed by atoms with Crippen LogP contribution < -0.4 is 15.5 Å². The highest BCUT2D eigenvalue weighted by Gasteiger charge is 2.16. The van der Waals surface area contributed by atoms with E-state index in [-0.39, 0.29) is 5.82 Å². The number of nitrogens with one attached hydrogen (secondary N) is 2. The van der Waals surface area contributed by atoms with E-state index < -0.39 is 0 Å². The van der Waals surface area contributed by atoms with Crippen LogP contribution in [0.3, 0.4) is 0 Å². The molecule has 2 saturated heterocycles. The molecule has 122 valence electrons. The van der Waals surface area contributed by atoms with Gasteiger partial charge in [-0.3, -0.25) is 0 Å². The van der Waals surface area contributed by atoms with Crippen LogP contribution in [0.4, 0.5) is 10.1 Å². The number of hydrogen-bond acceptors (Lipinski definition) is 4. The van der Waals surface area contributed by atoms with E-state index in [0.29, 0.717) is 6.10 Å². The average Bonchev–Trinajstić information content (AvgIpc) is 2.90. The molecule has 1 aromatic rings. The molecule has 0 spiro atoms. The molecule has 1 unspecified atom stereocenters. The van der Waals surface area contributed by atoms with Crippen LogP contribution in [-0.4, -0.2) is 45.4 Å². The Morgan fingerprint density at radius 3 is 3.09 bits per heavy atom. The summed E-state index contributed by atoms with van der Waals surface area (Å²) in [6.45, 7) is 6.23. The summed E-state index contributed by atoms with van der Waals surface area (Å²) in [7, 11) is 0. The van der Waals surface area contributed by atoms with Gasteiger partial charge in [0.1, 0.15) is 5.82 Å². The predicted octanol–water partition coefficient (Wildman–Crippen LogP) is 1.89. The van der Waals surface area contributed by atoms with E-state index in [2.05, 4.69) is 15.5 Å². The van der Waals surface area contributed by atoms with E-state index in [1.807, 2.05) is 12.1 Å². The molecule has 3 rings (SSSR count). The highest BCUT2D eigenvalue weighted by atomic mass is 19.1. The largest absolute Gasteiger partial charge is 0.377 e. The molecule has 0 saturated carbocycles. The zero-order chi connectivity index (χ0) is 15.2. The molecule has 22 heavy (non-hydrogen) atoms. The molecular formula is C17H26FN3O. The van der Waals surface area contributed by atoms with Gasteiger partial charge in [0.15, 0.2) is 0 Å². The van der Waals surface area contributed by atoms with Gasteiger partial charge in [-0.2, -0.15) is 0 Å². The van der Waals surface area contributed by atoms with E-state index in [9.17, 15) is 4.39 Å². The number of rotatable bonds is 5. The molecule has 2 aliphatic rings. The van der Waals surface area contributed by atoms with Gasteiger partial charge in [-0.1, -0.05) is 6.07 Å². The second-order valence-electron chi connectivity index (χ2n) is 6.14. The van der Waals surface area contributed by atoms with Gasteiger partial charge in [0.25, 0.3) is 0 Å². The van der Waals surface area contributed by atoms with Crippen LogP contribution in [0.1, 0.15) is 24.8 Å². The third-order valence-electron chi connectivity index (χ3n) is 4.42. The molecule has 1 aromatic carbocycles. The van der Waals surface area contributed by atoms with Crippen LogP contribution in [0.25, 0.3) is 0 Å². The number of hydrogen-bond donors (Lipinski definition) is 2. The fourth-order valence-corrected chi connectivity index (χ4v) is 3.18. The maximum Gasteiger partial charge on any atom is 0.146 e. The first kappa shape index (κ1) is 15.7. The van der Waals surface area contributed by atoms with Gasteiger partial charge in [0, 0.05) is 39.3 Å². The Morgan fingerprint density at radius 2 is 2.23 bits per heavy atom. The van der Waals surface area contributed by atoms with Crippen LogP contribution in [0.5, 0.6) is 0 Å². The predicted molar refractivity (Wildman–Crippen MR) is 86.8 cm³/mol. The quantitative estimate of drug-likeness (QED) is 0.871. The summed E-state index contributed by atoms with van der Waals surface area (Å²) in [5.41, 5.74) is 1.87. The highest BCUT2D eigenvalue weighted by Crippen LogP contribution is 2.22. The molecule has 1 atom stereocenters. The minimum absolute atomic E-state index is 0.121. The lowest BCUT2D eigenvalue weighted by atomic mass is 10.1. The summed E-state index contributed by atoms with van der Waals surface area (Å²) in [5.74, 6) is -0.121. The van der Waals surface area contributed by atoms with Crippen molar-refractivity contribution < 1.29 is 9.13 Å². The number of ether oxygens (including phenoxy) is 1. The number of anilines is 1. The summed E-state index contributed by atoms with van der Waals surface area (Å²) in [6.07, 6.45) is 3.70. The minimum atomic E-state index is -0.121. The van der Waals surface area contributed by atoms with Crippen molar-refractivity contribution in [2.45, 2.75) is 31.9 Å². The van der Waals surface area contributed by atoms with Crippen LogP contribution in [-0.2, 0) is 11.3 Å². The van der Waals surface area contributed by atoms with Crippen molar-refractivity contribution in [1.29, 1.82) is 0 Å². The highest BCUT2D eigenvalue weighted by molar-refractivity contribution is 5.50. The van der Waals surface area contributed by atoms with Crippen molar-refractivity contribution in [1.82, 2.24) is 10.6 Å². The van der Waals surface area contributed by atoms with Gasteiger partial charge in [-0.05, 0) is 43.5 Å². The van der Waals surface area contributed by atoms with Gasteiger partial charge in [-0.15, -0.1) is 0 Å². The smallest absolute Gasteiger partial charge is 0.146 e. The van der Waals surface area contributed by atoms with Crippen molar-refractivity contribution in [2.75, 3.05) is 44.2 Å². The lowest BCUT2D eigenvalue weighted by molar-refractivity contribution is 0.110. The molecule has 0 aliphatic carbocycles. The number of benzene rings is 1. The van der Waals surface area contributed by atoms with Crippen LogP contribution in [0.15, 0.2) is 18.2 Å². The topological polar surface area (TPSA) is 36.5 Å². The summed E-state index contributed by atoms with van der Waals surface area (Å²) >= 11 is 0. The van der Waals surface area contributed by atoms with Crippen molar-refractivity contribution in [2.24, 2.45) is 0 Å². The van der Waals surface area contributed by atoms with Crippen LogP contribution in [0.2, 0.25) is 0 Å². The van der Waals surface area contributed by atoms with E-state index in [1.165, 1.54) is 0 Å². The molecule has 0 amide bonds. The molecule has 2 aliphatic heterocycles. The second-order valence-corrected chi connectivity index (χ2v) is 6.14. The Kier molecular flexibility index (Phi) is 5.64. The molecular weight excluding hydrogens is 281 g/mol. The maximum absolute atomic E-state index is 14.2. The van der Waals surface area contributed by atoms with Gasteiger partial charge in [-0.25, -0.2) is 4.39 Å². The van der Waals surface area contributed by atoms with Crippen molar-refractivity contribution in [3.63, 3.8) is 0 Å². The zero-order valence-electron chi connectivity index (χ0n) is 13.1. The Labute approximate surface area is 132 Å². The van der Waals surface area contributed by atoms with Crippen molar-refractivity contribution >= 4 is 5.69 Å². The maximum atomic E-state index is 14.2. The SMILES string of the molecule is Fc1ccc(CNCC2CCCO2)cc1N1CCCNCC1. The fourth-order valence-electron chi connectivity index (χ4n) is 3.18. The monoisotopic (exact) mass is 307 g/mol. The average molecular weight is 307 g/mol. The third kappa shape index (κ3) is 4.18. The van der Waals surface area contributed by atoms with Gasteiger partial charge in [0.05, 0.1) is 11.8 Å². The Bertz CT molecular complexity index is 469. The summed E-state index contributed by atoms with van der Waals surface area (Å²) < 4.78 is 19.8. The Morgan fingerprint density at radius 1 is 1.27 bits per heavy atom.